The summed E-state index contributed by atoms with van der Waals surface area (Å²) in [6.07, 6.45) is 5.43. The summed E-state index contributed by atoms with van der Waals surface area (Å²) < 4.78 is 0. The predicted molar refractivity (Wildman–Crippen MR) is 134 cm³/mol. The first-order valence-electron chi connectivity index (χ1n) is 12.5. The average molecular weight is 481 g/mol. The fraction of sp³-hybridized carbons (Fsp3) is 0.538. The van der Waals surface area contributed by atoms with Gasteiger partial charge in [0.15, 0.2) is 0 Å². The molecule has 9 heteroatoms. The summed E-state index contributed by atoms with van der Waals surface area (Å²) in [6, 6.07) is 10.6. The van der Waals surface area contributed by atoms with E-state index in [4.69, 9.17) is 0 Å². The number of aliphatic hydroxyl groups is 1. The maximum Gasteiger partial charge on any atom is 0.270 e. The van der Waals surface area contributed by atoms with Crippen molar-refractivity contribution >= 4 is 17.6 Å². The molecule has 2 aliphatic rings. The predicted octanol–water partition coefficient (Wildman–Crippen LogP) is 1.83. The second kappa shape index (κ2) is 11.6. The monoisotopic (exact) mass is 480 g/mol. The summed E-state index contributed by atoms with van der Waals surface area (Å²) in [5.41, 5.74) is 2.94. The fourth-order valence-electron chi connectivity index (χ4n) is 5.01. The molecule has 0 saturated heterocycles. The van der Waals surface area contributed by atoms with Gasteiger partial charge in [0.2, 0.25) is 5.91 Å². The molecule has 1 fully saturated rings. The number of nitrogens with one attached hydrogen (secondary N) is 2. The van der Waals surface area contributed by atoms with Gasteiger partial charge < -0.3 is 20.6 Å². The fourth-order valence-corrected chi connectivity index (χ4v) is 5.01. The van der Waals surface area contributed by atoms with E-state index in [0.717, 1.165) is 45.2 Å². The number of amides is 2. The highest BCUT2D eigenvalue weighted by Gasteiger charge is 2.25. The van der Waals surface area contributed by atoms with Crippen LogP contribution in [0.25, 0.3) is 0 Å². The summed E-state index contributed by atoms with van der Waals surface area (Å²) in [5, 5.41) is 16.7. The molecule has 0 spiro atoms. The topological polar surface area (TPSA) is 111 Å². The molecular formula is C26H36N6O3. The normalized spacial score (nSPS) is 21.0. The van der Waals surface area contributed by atoms with Crippen molar-refractivity contribution in [1.29, 1.82) is 0 Å². The van der Waals surface area contributed by atoms with Crippen LogP contribution in [0.1, 0.15) is 54.2 Å². The van der Waals surface area contributed by atoms with Gasteiger partial charge in [0, 0.05) is 58.3 Å². The third-order valence-electron chi connectivity index (χ3n) is 7.17. The van der Waals surface area contributed by atoms with Crippen LogP contribution in [0, 0.1) is 0 Å². The smallest absolute Gasteiger partial charge is 0.270 e. The molecule has 188 valence electrons. The van der Waals surface area contributed by atoms with Crippen molar-refractivity contribution in [3.63, 3.8) is 0 Å². The molecule has 2 amide bonds. The van der Waals surface area contributed by atoms with Crippen LogP contribution in [-0.2, 0) is 17.8 Å². The van der Waals surface area contributed by atoms with Crippen molar-refractivity contribution in [2.45, 2.75) is 63.8 Å². The van der Waals surface area contributed by atoms with Gasteiger partial charge in [0.25, 0.3) is 5.91 Å². The number of benzene rings is 1. The molecule has 1 aliphatic heterocycles. The summed E-state index contributed by atoms with van der Waals surface area (Å²) in [5.74, 6) is 0.380. The molecule has 0 radical (unpaired) electrons. The number of hydrogen-bond acceptors (Lipinski definition) is 7. The summed E-state index contributed by atoms with van der Waals surface area (Å²) >= 11 is 0. The van der Waals surface area contributed by atoms with E-state index >= 15 is 0 Å². The summed E-state index contributed by atoms with van der Waals surface area (Å²) in [4.78, 5) is 36.6. The first kappa shape index (κ1) is 25.1. The Morgan fingerprint density at radius 3 is 2.66 bits per heavy atom. The molecule has 1 saturated carbocycles. The lowest BCUT2D eigenvalue weighted by Crippen LogP contribution is -2.42. The second-order valence-electron chi connectivity index (χ2n) is 9.69. The lowest BCUT2D eigenvalue weighted by atomic mass is 9.90. The van der Waals surface area contributed by atoms with E-state index in [1.165, 1.54) is 17.5 Å². The lowest BCUT2D eigenvalue weighted by molar-refractivity contribution is -0.130. The first-order valence-corrected chi connectivity index (χ1v) is 12.5. The maximum atomic E-state index is 12.6. The second-order valence-corrected chi connectivity index (χ2v) is 9.69. The molecule has 2 aromatic rings. The Kier molecular flexibility index (Phi) is 8.30. The zero-order valence-corrected chi connectivity index (χ0v) is 20.6. The number of fused-ring (bicyclic) bond motifs is 1. The van der Waals surface area contributed by atoms with Gasteiger partial charge in [-0.1, -0.05) is 24.3 Å². The van der Waals surface area contributed by atoms with Crippen LogP contribution >= 0.6 is 0 Å². The van der Waals surface area contributed by atoms with Crippen molar-refractivity contribution in [1.82, 2.24) is 25.1 Å². The van der Waals surface area contributed by atoms with Crippen LogP contribution in [0.4, 0.5) is 5.82 Å². The van der Waals surface area contributed by atoms with E-state index in [-0.39, 0.29) is 36.1 Å². The summed E-state index contributed by atoms with van der Waals surface area (Å²) in [6.45, 7) is 3.98. The zero-order valence-electron chi connectivity index (χ0n) is 20.6. The van der Waals surface area contributed by atoms with Gasteiger partial charge >= 0.3 is 0 Å². The molecule has 0 bridgehead atoms. The largest absolute Gasteiger partial charge is 0.390 e. The van der Waals surface area contributed by atoms with Crippen LogP contribution in [-0.4, -0.2) is 81.6 Å². The van der Waals surface area contributed by atoms with Crippen molar-refractivity contribution < 1.29 is 14.7 Å². The number of hydrogen-bond donors (Lipinski definition) is 3. The highest BCUT2D eigenvalue weighted by atomic mass is 16.3. The SMILES string of the molecule is CC(=O)N(C)[C@H]1CC[C@@H](Nc2cc(C(=O)NC[C@H](O)CN3CCc4ccccc4C3)ncn2)CC1. The minimum Gasteiger partial charge on any atom is -0.390 e. The average Bonchev–Trinajstić information content (AvgIpc) is 2.87. The van der Waals surface area contributed by atoms with Gasteiger partial charge in [-0.2, -0.15) is 0 Å². The number of carbonyl (C=O) groups excluding carboxylic acids is 2. The van der Waals surface area contributed by atoms with Crippen LogP contribution in [0.2, 0.25) is 0 Å². The van der Waals surface area contributed by atoms with Gasteiger partial charge in [0.1, 0.15) is 17.8 Å². The highest BCUT2D eigenvalue weighted by molar-refractivity contribution is 5.92. The van der Waals surface area contributed by atoms with E-state index in [1.54, 1.807) is 13.0 Å². The number of rotatable bonds is 8. The van der Waals surface area contributed by atoms with E-state index in [1.807, 2.05) is 18.0 Å². The number of anilines is 1. The van der Waals surface area contributed by atoms with Gasteiger partial charge in [0.05, 0.1) is 6.10 Å². The minimum absolute atomic E-state index is 0.0965. The Hall–Kier alpha value is -3.04. The van der Waals surface area contributed by atoms with Gasteiger partial charge in [-0.05, 0) is 43.2 Å². The Morgan fingerprint density at radius 2 is 1.91 bits per heavy atom. The molecule has 1 aromatic heterocycles. The van der Waals surface area contributed by atoms with Gasteiger partial charge in [-0.15, -0.1) is 0 Å². The van der Waals surface area contributed by atoms with Gasteiger partial charge in [-0.3, -0.25) is 14.5 Å². The van der Waals surface area contributed by atoms with E-state index in [2.05, 4.69) is 43.7 Å². The molecule has 0 unspecified atom stereocenters. The Bertz CT molecular complexity index is 1020. The number of β-amino-alcohol motifs (C(OH)–C–C–N with tert-alkyl or cyclic N) is 1. The van der Waals surface area contributed by atoms with E-state index < -0.39 is 6.10 Å². The number of aliphatic hydroxyl groups excluding tert-OH is 1. The Morgan fingerprint density at radius 1 is 1.17 bits per heavy atom. The van der Waals surface area contributed by atoms with Crippen LogP contribution < -0.4 is 10.6 Å². The van der Waals surface area contributed by atoms with Crippen LogP contribution in [0.3, 0.4) is 0 Å². The molecule has 1 aliphatic carbocycles. The third-order valence-corrected chi connectivity index (χ3v) is 7.17. The standard InChI is InChI=1S/C26H36N6O3/c1-18(33)31(2)22-9-7-21(8-10-22)30-25-13-24(28-17-29-25)26(35)27-14-23(34)16-32-12-11-19-5-3-4-6-20(19)15-32/h3-6,13,17,21-23,34H,7-12,14-16H2,1-2H3,(H,27,35)(H,28,29,30)/t21-,22+,23-/m0/s1. The number of aromatic nitrogens is 2. The third kappa shape index (κ3) is 6.76. The molecule has 9 nitrogen and oxygen atoms in total. The zero-order chi connectivity index (χ0) is 24.8. The molecule has 4 rings (SSSR count). The number of nitrogens with zero attached hydrogens (tertiary/aromatic N) is 4. The van der Waals surface area contributed by atoms with Crippen molar-refractivity contribution in [2.24, 2.45) is 0 Å². The molecule has 2 heterocycles. The molecule has 3 N–H and O–H groups in total. The van der Waals surface area contributed by atoms with E-state index in [9.17, 15) is 14.7 Å². The molecular weight excluding hydrogens is 444 g/mol. The van der Waals surface area contributed by atoms with Crippen molar-refractivity contribution in [2.75, 3.05) is 32.0 Å². The Balaban J connectivity index is 1.22. The van der Waals surface area contributed by atoms with Crippen LogP contribution in [0.5, 0.6) is 0 Å². The van der Waals surface area contributed by atoms with Crippen molar-refractivity contribution in [3.8, 4) is 0 Å². The molecule has 1 aromatic carbocycles. The lowest BCUT2D eigenvalue weighted by Gasteiger charge is -2.34. The minimum atomic E-state index is -0.660. The maximum absolute atomic E-state index is 12.6. The van der Waals surface area contributed by atoms with E-state index in [0.29, 0.717) is 12.4 Å². The highest BCUT2D eigenvalue weighted by Crippen LogP contribution is 2.25. The number of carbonyl (C=O) groups is 2. The van der Waals surface area contributed by atoms with Gasteiger partial charge in [-0.25, -0.2) is 9.97 Å². The molecule has 1 atom stereocenters. The summed E-state index contributed by atoms with van der Waals surface area (Å²) in [7, 11) is 1.86. The molecule has 35 heavy (non-hydrogen) atoms. The Labute approximate surface area is 206 Å². The quantitative estimate of drug-likeness (QED) is 0.529. The first-order chi connectivity index (χ1) is 16.9. The van der Waals surface area contributed by atoms with Crippen LogP contribution in [0.15, 0.2) is 36.7 Å². The van der Waals surface area contributed by atoms with Crippen molar-refractivity contribution in [3.05, 3.63) is 53.5 Å².